The smallest absolute Gasteiger partial charge is 0.417 e. The van der Waals surface area contributed by atoms with Gasteiger partial charge in [0.1, 0.15) is 23.7 Å². The highest BCUT2D eigenvalue weighted by molar-refractivity contribution is 5.81. The molecule has 41 heavy (non-hydrogen) atoms. The first kappa shape index (κ1) is 28.4. The number of aromatic nitrogens is 5. The van der Waals surface area contributed by atoms with Crippen LogP contribution in [0.3, 0.4) is 0 Å². The number of imidazole rings is 1. The van der Waals surface area contributed by atoms with Crippen molar-refractivity contribution in [3.05, 3.63) is 54.2 Å². The first-order valence-corrected chi connectivity index (χ1v) is 12.6. The number of aliphatic hydroxyl groups excluding tert-OH is 1. The fourth-order valence-electron chi connectivity index (χ4n) is 5.17. The van der Waals surface area contributed by atoms with E-state index in [0.29, 0.717) is 35.4 Å². The second-order valence-corrected chi connectivity index (χ2v) is 9.95. The van der Waals surface area contributed by atoms with E-state index in [1.165, 1.54) is 44.2 Å². The Hall–Kier alpha value is -4.11. The van der Waals surface area contributed by atoms with E-state index in [1.807, 2.05) is 0 Å². The van der Waals surface area contributed by atoms with Gasteiger partial charge in [-0.3, -0.25) is 4.98 Å². The van der Waals surface area contributed by atoms with Gasteiger partial charge in [0.2, 0.25) is 0 Å². The molecular weight excluding hydrogens is 551 g/mol. The highest BCUT2D eigenvalue weighted by Gasteiger charge is 2.43. The van der Waals surface area contributed by atoms with Crippen molar-refractivity contribution < 1.29 is 31.8 Å². The number of ether oxygens (including phenoxy) is 1. The molecule has 3 aromatic heterocycles. The first-order valence-electron chi connectivity index (χ1n) is 12.6. The van der Waals surface area contributed by atoms with Crippen molar-refractivity contribution in [3.8, 4) is 17.0 Å². The van der Waals surface area contributed by atoms with Gasteiger partial charge in [-0.2, -0.15) is 13.2 Å². The van der Waals surface area contributed by atoms with E-state index in [9.17, 15) is 27.1 Å². The Bertz CT molecular complexity index is 1560. The summed E-state index contributed by atoms with van der Waals surface area (Å²) < 4.78 is 75.6. The van der Waals surface area contributed by atoms with E-state index < -0.39 is 29.8 Å². The highest BCUT2D eigenvalue weighted by atomic mass is 19.4. The molecule has 0 aliphatic carbocycles. The predicted molar refractivity (Wildman–Crippen MR) is 140 cm³/mol. The third kappa shape index (κ3) is 5.46. The van der Waals surface area contributed by atoms with Crippen molar-refractivity contribution >= 4 is 22.7 Å². The lowest BCUT2D eigenvalue weighted by molar-refractivity contribution is -0.137. The van der Waals surface area contributed by atoms with Gasteiger partial charge in [-0.25, -0.2) is 23.7 Å². The molecule has 0 radical (unpaired) electrons. The van der Waals surface area contributed by atoms with Crippen LogP contribution in [0.5, 0.6) is 5.75 Å². The van der Waals surface area contributed by atoms with E-state index in [0.717, 1.165) is 6.07 Å². The number of hydrogen-bond acceptors (Lipinski definition) is 9. The number of pyridine rings is 1. The summed E-state index contributed by atoms with van der Waals surface area (Å²) in [4.78, 5) is 18.5. The van der Waals surface area contributed by atoms with Crippen LogP contribution in [0, 0.1) is 0 Å². The molecule has 1 aliphatic rings. The Morgan fingerprint density at radius 1 is 1.15 bits per heavy atom. The van der Waals surface area contributed by atoms with Crippen molar-refractivity contribution in [2.24, 2.45) is 5.73 Å². The number of rotatable bonds is 7. The van der Waals surface area contributed by atoms with Crippen molar-refractivity contribution in [2.75, 3.05) is 30.8 Å². The van der Waals surface area contributed by atoms with E-state index in [-0.39, 0.29) is 42.3 Å². The van der Waals surface area contributed by atoms with Gasteiger partial charge in [0.05, 0.1) is 48.7 Å². The molecule has 0 bridgehead atoms. The minimum absolute atomic E-state index is 0.0286. The van der Waals surface area contributed by atoms with Gasteiger partial charge in [-0.1, -0.05) is 0 Å². The molecule has 10 nitrogen and oxygen atoms in total. The van der Waals surface area contributed by atoms with Crippen LogP contribution in [0.25, 0.3) is 22.4 Å². The maximum Gasteiger partial charge on any atom is 0.417 e. The van der Waals surface area contributed by atoms with Gasteiger partial charge < -0.3 is 30.8 Å². The zero-order valence-corrected chi connectivity index (χ0v) is 21.8. The largest absolute Gasteiger partial charge is 0.497 e. The molecule has 0 saturated carbocycles. The molecule has 218 valence electrons. The second-order valence-electron chi connectivity index (χ2n) is 9.95. The molecular formula is C26H27F5N8O2. The van der Waals surface area contributed by atoms with Crippen molar-refractivity contribution in [3.63, 3.8) is 0 Å². The third-order valence-corrected chi connectivity index (χ3v) is 7.27. The second kappa shape index (κ2) is 10.7. The molecule has 1 aliphatic heterocycles. The fourth-order valence-corrected chi connectivity index (χ4v) is 5.17. The van der Waals surface area contributed by atoms with Crippen LogP contribution < -0.4 is 21.1 Å². The average molecular weight is 579 g/mol. The zero-order valence-electron chi connectivity index (χ0n) is 21.8. The summed E-state index contributed by atoms with van der Waals surface area (Å²) in [5.74, 6) is 0.188. The SMILES string of the molecule is COc1ccc(-c2cc(Cn3cnc4c(N)ncnc43)c(N3CCC[C@](N)(C(O)C(F)F)C3)cn2)c(C(F)(F)F)c1. The van der Waals surface area contributed by atoms with Gasteiger partial charge in [0.15, 0.2) is 11.5 Å². The number of nitrogens with two attached hydrogens (primary N) is 2. The minimum Gasteiger partial charge on any atom is -0.497 e. The van der Waals surface area contributed by atoms with Crippen LogP contribution in [-0.4, -0.2) is 67.9 Å². The van der Waals surface area contributed by atoms with Crippen LogP contribution in [-0.2, 0) is 12.7 Å². The molecule has 5 N–H and O–H groups in total. The van der Waals surface area contributed by atoms with Gasteiger partial charge in [0.25, 0.3) is 6.43 Å². The van der Waals surface area contributed by atoms with Crippen LogP contribution in [0.15, 0.2) is 43.1 Å². The maximum absolute atomic E-state index is 14.0. The number of fused-ring (bicyclic) bond motifs is 1. The Morgan fingerprint density at radius 3 is 2.63 bits per heavy atom. The number of halogens is 5. The summed E-state index contributed by atoms with van der Waals surface area (Å²) in [7, 11) is 1.27. The molecule has 1 unspecified atom stereocenters. The highest BCUT2D eigenvalue weighted by Crippen LogP contribution is 2.40. The van der Waals surface area contributed by atoms with Crippen molar-refractivity contribution in [1.82, 2.24) is 24.5 Å². The van der Waals surface area contributed by atoms with Gasteiger partial charge in [0, 0.05) is 18.7 Å². The third-order valence-electron chi connectivity index (χ3n) is 7.27. The number of anilines is 2. The summed E-state index contributed by atoms with van der Waals surface area (Å²) in [5.41, 5.74) is 11.2. The first-order chi connectivity index (χ1) is 19.4. The van der Waals surface area contributed by atoms with Crippen molar-refractivity contribution in [1.29, 1.82) is 0 Å². The number of nitrogen functional groups attached to an aromatic ring is 1. The molecule has 2 atom stereocenters. The maximum atomic E-state index is 14.0. The standard InChI is InChI=1S/C26H27F5N8O2/c1-41-15-3-4-16(17(8-15)26(29,30)31)18-7-14(10-39-13-37-20-23(32)35-12-36-24(20)39)19(9-34-18)38-6-2-5-25(33,11-38)21(40)22(27)28/h3-4,7-9,12-13,21-22,40H,2,5-6,10-11,33H2,1H3,(H2,32,35,36)/t21?,25-/m1/s1. The van der Waals surface area contributed by atoms with Crippen LogP contribution in [0.4, 0.5) is 33.5 Å². The summed E-state index contributed by atoms with van der Waals surface area (Å²) >= 11 is 0. The van der Waals surface area contributed by atoms with Gasteiger partial charge in [-0.05, 0) is 42.7 Å². The Balaban J connectivity index is 1.63. The van der Waals surface area contributed by atoms with E-state index in [4.69, 9.17) is 16.2 Å². The lowest BCUT2D eigenvalue weighted by atomic mass is 9.84. The van der Waals surface area contributed by atoms with E-state index in [2.05, 4.69) is 19.9 Å². The molecule has 1 fully saturated rings. The number of piperidine rings is 1. The number of benzene rings is 1. The normalized spacial score (nSPS) is 18.7. The Kier molecular flexibility index (Phi) is 7.42. The van der Waals surface area contributed by atoms with Crippen LogP contribution in [0.2, 0.25) is 0 Å². The quantitative estimate of drug-likeness (QED) is 0.281. The van der Waals surface area contributed by atoms with Crippen LogP contribution in [0.1, 0.15) is 24.0 Å². The lowest BCUT2D eigenvalue weighted by Crippen LogP contribution is -2.63. The van der Waals surface area contributed by atoms with Gasteiger partial charge >= 0.3 is 6.18 Å². The monoisotopic (exact) mass is 578 g/mol. The van der Waals surface area contributed by atoms with Gasteiger partial charge in [-0.15, -0.1) is 0 Å². The average Bonchev–Trinajstić information content (AvgIpc) is 3.35. The minimum atomic E-state index is -4.70. The summed E-state index contributed by atoms with van der Waals surface area (Å²) in [6.45, 7) is 0.350. The van der Waals surface area contributed by atoms with Crippen molar-refractivity contribution in [2.45, 2.75) is 43.6 Å². The number of aliphatic hydroxyl groups is 1. The lowest BCUT2D eigenvalue weighted by Gasteiger charge is -2.44. The molecule has 1 saturated heterocycles. The molecule has 1 aromatic carbocycles. The fraction of sp³-hybridized carbons (Fsp3) is 0.385. The predicted octanol–water partition coefficient (Wildman–Crippen LogP) is 3.47. The molecule has 4 heterocycles. The molecule has 5 rings (SSSR count). The molecule has 0 spiro atoms. The van der Waals surface area contributed by atoms with Crippen LogP contribution >= 0.6 is 0 Å². The number of alkyl halides is 5. The number of methoxy groups -OCH3 is 1. The van der Waals surface area contributed by atoms with E-state index >= 15 is 0 Å². The molecule has 0 amide bonds. The Labute approximate surface area is 230 Å². The summed E-state index contributed by atoms with van der Waals surface area (Å²) in [5, 5.41) is 10.2. The zero-order chi connectivity index (χ0) is 29.5. The topological polar surface area (TPSA) is 141 Å². The Morgan fingerprint density at radius 2 is 1.93 bits per heavy atom. The number of hydrogen-bond donors (Lipinski definition) is 3. The summed E-state index contributed by atoms with van der Waals surface area (Å²) in [6, 6.07) is 5.08. The molecule has 4 aromatic rings. The summed E-state index contributed by atoms with van der Waals surface area (Å²) in [6.07, 6.45) is -5.12. The van der Waals surface area contributed by atoms with E-state index in [1.54, 1.807) is 9.47 Å². The molecule has 15 heteroatoms. The number of nitrogens with zero attached hydrogens (tertiary/aromatic N) is 6.